The van der Waals surface area contributed by atoms with Gasteiger partial charge in [0.05, 0.1) is 0 Å². The molecule has 0 heterocycles. The van der Waals surface area contributed by atoms with E-state index in [0.717, 1.165) is 25.7 Å². The molecule has 0 fully saturated rings. The standard InChI is InChI=1S/2C18H36O2.3ClH/c2*1-2-3-4-5-6-7-8-9-10-11-12-13-14-15-16-17-18(19)20;;;/h2*2-17H2,1H3,(H,19,20);3*1H. The van der Waals surface area contributed by atoms with Crippen molar-refractivity contribution in [3.8, 4) is 0 Å². The predicted molar refractivity (Wildman–Crippen MR) is 196 cm³/mol. The second-order valence-electron chi connectivity index (χ2n) is 12.2. The van der Waals surface area contributed by atoms with Crippen molar-refractivity contribution in [3.63, 3.8) is 0 Å². The van der Waals surface area contributed by atoms with Crippen LogP contribution in [-0.2, 0) is 9.59 Å². The minimum absolute atomic E-state index is 0. The molecule has 7 heteroatoms. The van der Waals surface area contributed by atoms with Gasteiger partial charge in [0.15, 0.2) is 0 Å². The Balaban J connectivity index is -0.000000209. The molecule has 0 aliphatic rings. The number of unbranched alkanes of at least 4 members (excludes halogenated alkanes) is 28. The number of halogens is 3. The highest BCUT2D eigenvalue weighted by Gasteiger charge is 1.98. The number of carboxylic acid groups (broad SMARTS) is 2. The van der Waals surface area contributed by atoms with Gasteiger partial charge in [0.25, 0.3) is 0 Å². The third-order valence-electron chi connectivity index (χ3n) is 7.99. The average molecular weight is 678 g/mol. The summed E-state index contributed by atoms with van der Waals surface area (Å²) in [7, 11) is 0. The molecule has 0 aliphatic heterocycles. The summed E-state index contributed by atoms with van der Waals surface area (Å²) in [5.74, 6) is -1.31. The van der Waals surface area contributed by atoms with E-state index >= 15 is 0 Å². The van der Waals surface area contributed by atoms with Crippen molar-refractivity contribution in [2.45, 2.75) is 219 Å². The molecule has 0 aromatic rings. The molecular weight excluding hydrogens is 603 g/mol. The van der Waals surface area contributed by atoms with Gasteiger partial charge in [-0.15, -0.1) is 37.2 Å². The van der Waals surface area contributed by atoms with E-state index in [-0.39, 0.29) is 37.2 Å². The fourth-order valence-corrected chi connectivity index (χ4v) is 5.30. The first-order chi connectivity index (χ1) is 19.5. The van der Waals surface area contributed by atoms with Gasteiger partial charge in [-0.25, -0.2) is 0 Å². The zero-order chi connectivity index (χ0) is 29.8. The second kappa shape index (κ2) is 48.7. The van der Waals surface area contributed by atoms with Gasteiger partial charge in [-0.3, -0.25) is 9.59 Å². The molecular formula is C36H75Cl3O4. The third-order valence-corrected chi connectivity index (χ3v) is 7.99. The Morgan fingerprint density at radius 1 is 0.302 bits per heavy atom. The van der Waals surface area contributed by atoms with E-state index in [1.807, 2.05) is 0 Å². The van der Waals surface area contributed by atoms with E-state index in [1.54, 1.807) is 0 Å². The molecule has 0 rings (SSSR count). The summed E-state index contributed by atoms with van der Waals surface area (Å²) in [6.07, 6.45) is 40.4. The monoisotopic (exact) mass is 676 g/mol. The Morgan fingerprint density at radius 3 is 0.581 bits per heavy atom. The van der Waals surface area contributed by atoms with Crippen molar-refractivity contribution in [3.05, 3.63) is 0 Å². The van der Waals surface area contributed by atoms with Gasteiger partial charge in [-0.1, -0.05) is 194 Å². The first-order valence-corrected chi connectivity index (χ1v) is 18.0. The van der Waals surface area contributed by atoms with E-state index in [9.17, 15) is 9.59 Å². The van der Waals surface area contributed by atoms with Crippen LogP contribution in [-0.4, -0.2) is 22.2 Å². The number of carbonyl (C=O) groups is 2. The maximum absolute atomic E-state index is 10.3. The highest BCUT2D eigenvalue weighted by Crippen LogP contribution is 2.15. The lowest BCUT2D eigenvalue weighted by Gasteiger charge is -2.03. The molecule has 0 unspecified atom stereocenters. The topological polar surface area (TPSA) is 74.6 Å². The lowest BCUT2D eigenvalue weighted by Crippen LogP contribution is -1.93. The first-order valence-electron chi connectivity index (χ1n) is 18.0. The minimum Gasteiger partial charge on any atom is -0.481 e. The smallest absolute Gasteiger partial charge is 0.303 e. The highest BCUT2D eigenvalue weighted by atomic mass is 35.5. The van der Waals surface area contributed by atoms with E-state index in [4.69, 9.17) is 10.2 Å². The van der Waals surface area contributed by atoms with E-state index in [2.05, 4.69) is 13.8 Å². The van der Waals surface area contributed by atoms with Crippen molar-refractivity contribution in [2.75, 3.05) is 0 Å². The van der Waals surface area contributed by atoms with Crippen LogP contribution in [0.25, 0.3) is 0 Å². The molecule has 0 bridgehead atoms. The van der Waals surface area contributed by atoms with Crippen LogP contribution >= 0.6 is 37.2 Å². The zero-order valence-electron chi connectivity index (χ0n) is 28.6. The molecule has 0 amide bonds. The molecule has 0 atom stereocenters. The normalized spacial score (nSPS) is 10.1. The quantitative estimate of drug-likeness (QED) is 0.0695. The fourth-order valence-electron chi connectivity index (χ4n) is 5.30. The van der Waals surface area contributed by atoms with E-state index in [1.165, 1.54) is 167 Å². The van der Waals surface area contributed by atoms with Crippen LogP contribution in [0.1, 0.15) is 219 Å². The van der Waals surface area contributed by atoms with Crippen LogP contribution in [0, 0.1) is 0 Å². The van der Waals surface area contributed by atoms with Gasteiger partial charge in [-0.2, -0.15) is 0 Å². The number of aliphatic carboxylic acids is 2. The van der Waals surface area contributed by atoms with Crippen LogP contribution < -0.4 is 0 Å². The third kappa shape index (κ3) is 58.0. The maximum Gasteiger partial charge on any atom is 0.303 e. The van der Waals surface area contributed by atoms with Gasteiger partial charge >= 0.3 is 11.9 Å². The lowest BCUT2D eigenvalue weighted by molar-refractivity contribution is -0.138. The molecule has 4 nitrogen and oxygen atoms in total. The Hall–Kier alpha value is -0.190. The SMILES string of the molecule is CCCCCCCCCCCCCCCCCC(=O)O.CCCCCCCCCCCCCCCCCC(=O)O.Cl.Cl.Cl. The lowest BCUT2D eigenvalue weighted by atomic mass is 10.0. The van der Waals surface area contributed by atoms with Gasteiger partial charge in [0.2, 0.25) is 0 Å². The van der Waals surface area contributed by atoms with Crippen molar-refractivity contribution in [2.24, 2.45) is 0 Å². The Bertz CT molecular complexity index is 463. The number of hydrogen-bond donors (Lipinski definition) is 2. The van der Waals surface area contributed by atoms with Crippen molar-refractivity contribution in [1.29, 1.82) is 0 Å². The van der Waals surface area contributed by atoms with Crippen LogP contribution in [0.3, 0.4) is 0 Å². The number of carboxylic acids is 2. The second-order valence-corrected chi connectivity index (χ2v) is 12.2. The average Bonchev–Trinajstić information content (AvgIpc) is 2.93. The molecule has 0 spiro atoms. The highest BCUT2D eigenvalue weighted by molar-refractivity contribution is 5.86. The fraction of sp³-hybridized carbons (Fsp3) is 0.944. The van der Waals surface area contributed by atoms with Crippen LogP contribution in [0.4, 0.5) is 0 Å². The van der Waals surface area contributed by atoms with Crippen LogP contribution in [0.2, 0.25) is 0 Å². The molecule has 264 valence electrons. The number of hydrogen-bond acceptors (Lipinski definition) is 2. The summed E-state index contributed by atoms with van der Waals surface area (Å²) >= 11 is 0. The van der Waals surface area contributed by atoms with Crippen LogP contribution in [0.15, 0.2) is 0 Å². The maximum atomic E-state index is 10.3. The summed E-state index contributed by atoms with van der Waals surface area (Å²) in [4.78, 5) is 20.7. The Morgan fingerprint density at radius 2 is 0.442 bits per heavy atom. The molecule has 0 aliphatic carbocycles. The first kappa shape index (κ1) is 52.3. The Labute approximate surface area is 287 Å². The van der Waals surface area contributed by atoms with Crippen molar-refractivity contribution >= 4 is 49.2 Å². The molecule has 0 aromatic carbocycles. The van der Waals surface area contributed by atoms with Gasteiger partial charge < -0.3 is 10.2 Å². The van der Waals surface area contributed by atoms with Gasteiger partial charge in [0, 0.05) is 12.8 Å². The van der Waals surface area contributed by atoms with E-state index < -0.39 is 11.9 Å². The summed E-state index contributed by atoms with van der Waals surface area (Å²) in [6.45, 7) is 4.54. The predicted octanol–water partition coefficient (Wildman–Crippen LogP) is 13.9. The van der Waals surface area contributed by atoms with Gasteiger partial charge in [-0.05, 0) is 12.8 Å². The zero-order valence-corrected chi connectivity index (χ0v) is 31.0. The molecule has 0 saturated heterocycles. The van der Waals surface area contributed by atoms with E-state index in [0.29, 0.717) is 12.8 Å². The van der Waals surface area contributed by atoms with Crippen molar-refractivity contribution in [1.82, 2.24) is 0 Å². The summed E-state index contributed by atoms with van der Waals surface area (Å²) in [5.41, 5.74) is 0. The van der Waals surface area contributed by atoms with Crippen LogP contribution in [0.5, 0.6) is 0 Å². The Kier molecular flexibility index (Phi) is 59.3. The number of rotatable bonds is 32. The molecule has 2 N–H and O–H groups in total. The molecule has 43 heavy (non-hydrogen) atoms. The van der Waals surface area contributed by atoms with Gasteiger partial charge in [0.1, 0.15) is 0 Å². The minimum atomic E-state index is -0.653. The molecule has 0 saturated carbocycles. The molecule has 0 aromatic heterocycles. The summed E-state index contributed by atoms with van der Waals surface area (Å²) in [6, 6.07) is 0. The summed E-state index contributed by atoms with van der Waals surface area (Å²) in [5, 5.41) is 17.0. The van der Waals surface area contributed by atoms with Crippen molar-refractivity contribution < 1.29 is 19.8 Å². The largest absolute Gasteiger partial charge is 0.481 e. The summed E-state index contributed by atoms with van der Waals surface area (Å²) < 4.78 is 0. The molecule has 0 radical (unpaired) electrons.